The van der Waals surface area contributed by atoms with Crippen LogP contribution in [0.2, 0.25) is 20.1 Å². The molecule has 0 amide bonds. The van der Waals surface area contributed by atoms with Gasteiger partial charge in [0, 0.05) is 24.5 Å². The fourth-order valence-electron chi connectivity index (χ4n) is 4.16. The summed E-state index contributed by atoms with van der Waals surface area (Å²) in [5.74, 6) is -1.44. The monoisotopic (exact) mass is 928 g/mol. The van der Waals surface area contributed by atoms with Crippen molar-refractivity contribution in [2.45, 2.75) is 24.7 Å². The summed E-state index contributed by atoms with van der Waals surface area (Å²) in [5.41, 5.74) is -14.5. The topological polar surface area (TPSA) is 222 Å². The predicted molar refractivity (Wildman–Crippen MR) is 175 cm³/mol. The molecule has 0 bridgehead atoms. The van der Waals surface area contributed by atoms with Gasteiger partial charge in [0.05, 0.1) is 52.0 Å². The Bertz CT molecular complexity index is 2190. The van der Waals surface area contributed by atoms with Crippen LogP contribution in [0.5, 0.6) is 0 Å². The van der Waals surface area contributed by atoms with Gasteiger partial charge >= 0.3 is 47.5 Å². The van der Waals surface area contributed by atoms with Crippen molar-refractivity contribution >= 4 is 92.2 Å². The van der Waals surface area contributed by atoms with Crippen LogP contribution < -0.4 is 10.6 Å². The molecule has 312 valence electrons. The van der Waals surface area contributed by atoms with Crippen LogP contribution in [0.25, 0.3) is 0 Å². The average Bonchev–Trinajstić information content (AvgIpc) is 3.04. The van der Waals surface area contributed by atoms with Crippen molar-refractivity contribution in [3.63, 3.8) is 0 Å². The maximum atomic E-state index is 13.0. The third-order valence-electron chi connectivity index (χ3n) is 6.63. The summed E-state index contributed by atoms with van der Waals surface area (Å²) in [6.07, 6.45) is -19.7. The zero-order valence-electron chi connectivity index (χ0n) is 26.5. The molecule has 2 heterocycles. The van der Waals surface area contributed by atoms with Gasteiger partial charge < -0.3 is 10.6 Å². The smallest absolute Gasteiger partial charge is 0.328 e. The van der Waals surface area contributed by atoms with Crippen LogP contribution in [0, 0.1) is 40.5 Å². The molecule has 58 heavy (non-hydrogen) atoms. The number of hydrogen-bond donors (Lipinski definition) is 2. The van der Waals surface area contributed by atoms with Gasteiger partial charge in [-0.05, 0) is 12.1 Å². The lowest BCUT2D eigenvalue weighted by Gasteiger charge is -2.14. The Morgan fingerprint density at radius 3 is 0.983 bits per heavy atom. The molecule has 0 aliphatic rings. The molecule has 16 nitrogen and oxygen atoms in total. The Kier molecular flexibility index (Phi) is 13.4. The number of pyridine rings is 2. The summed E-state index contributed by atoms with van der Waals surface area (Å²) in [6.45, 7) is 0. The molecular formula is C26H8Cl4F12N8O8. The van der Waals surface area contributed by atoms with Crippen LogP contribution in [-0.2, 0) is 24.7 Å². The van der Waals surface area contributed by atoms with Gasteiger partial charge in [0.25, 0.3) is 0 Å². The summed E-state index contributed by atoms with van der Waals surface area (Å²) in [7, 11) is 0. The van der Waals surface area contributed by atoms with E-state index in [4.69, 9.17) is 46.4 Å². The number of nitro groups is 4. The number of alkyl halides is 12. The summed E-state index contributed by atoms with van der Waals surface area (Å²) in [4.78, 5) is 45.8. The maximum Gasteiger partial charge on any atom is 0.418 e. The standard InChI is InChI=1S/2C13H4Cl2F6N4O4/c2*14-6-1-4(12(16,17)18)3-22-11(6)23-9-7(24(26)27)2-5(13(19,20)21)8(15)10(9)25(28)29/h2*1-3H,(H,22,23). The molecule has 0 unspecified atom stereocenters. The van der Waals surface area contributed by atoms with Gasteiger partial charge in [-0.15, -0.1) is 0 Å². The Balaban J connectivity index is 0.000000310. The van der Waals surface area contributed by atoms with Crippen molar-refractivity contribution < 1.29 is 72.4 Å². The van der Waals surface area contributed by atoms with E-state index in [9.17, 15) is 93.1 Å². The van der Waals surface area contributed by atoms with Gasteiger partial charge in [0.1, 0.15) is 21.7 Å². The van der Waals surface area contributed by atoms with Crippen LogP contribution in [0.3, 0.4) is 0 Å². The molecule has 0 fully saturated rings. The molecule has 2 aromatic carbocycles. The molecule has 4 aromatic rings. The van der Waals surface area contributed by atoms with Crippen LogP contribution in [0.15, 0.2) is 36.7 Å². The summed E-state index contributed by atoms with van der Waals surface area (Å²) >= 11 is 22.1. The fourth-order valence-corrected chi connectivity index (χ4v) is 5.24. The van der Waals surface area contributed by atoms with Crippen molar-refractivity contribution in [2.24, 2.45) is 0 Å². The largest absolute Gasteiger partial charge is 0.418 e. The van der Waals surface area contributed by atoms with Gasteiger partial charge in [-0.25, -0.2) is 9.97 Å². The number of nitro benzene ring substituents is 4. The molecule has 4 rings (SSSR count). The maximum absolute atomic E-state index is 13.0. The summed E-state index contributed by atoms with van der Waals surface area (Å²) in [6, 6.07) is 0.603. The molecule has 2 N–H and O–H groups in total. The molecule has 32 heteroatoms. The average molecular weight is 930 g/mol. The number of anilines is 4. The number of rotatable bonds is 8. The van der Waals surface area contributed by atoms with Crippen molar-refractivity contribution in [2.75, 3.05) is 10.6 Å². The van der Waals surface area contributed by atoms with Crippen molar-refractivity contribution in [1.29, 1.82) is 0 Å². The molecular weight excluding hydrogens is 922 g/mol. The minimum absolute atomic E-state index is 0.0599. The lowest BCUT2D eigenvalue weighted by molar-refractivity contribution is -0.392. The van der Waals surface area contributed by atoms with E-state index in [-0.39, 0.29) is 24.5 Å². The number of aromatic nitrogens is 2. The van der Waals surface area contributed by atoms with Gasteiger partial charge in [-0.1, -0.05) is 46.4 Å². The van der Waals surface area contributed by atoms with E-state index < -0.39 is 133 Å². The molecule has 0 saturated heterocycles. The first-order valence-corrected chi connectivity index (χ1v) is 15.2. The number of halogens is 16. The van der Waals surface area contributed by atoms with E-state index in [2.05, 4.69) is 9.97 Å². The van der Waals surface area contributed by atoms with E-state index >= 15 is 0 Å². The van der Waals surface area contributed by atoms with Crippen LogP contribution in [0.4, 0.5) is 98.4 Å². The second kappa shape index (κ2) is 16.6. The normalized spacial score (nSPS) is 12.0. The highest BCUT2D eigenvalue weighted by atomic mass is 35.5. The SMILES string of the molecule is O=[N+]([O-])c1cc(C(F)(F)F)c(Cl)c([N+](=O)[O-])c1Nc1ncc(C(F)(F)F)cc1Cl.O=[N+]([O-])c1cc(C(F)(F)F)c(Cl)c([N+](=O)[O-])c1Nc1ncc(C(F)(F)F)cc1Cl. The molecule has 0 radical (unpaired) electrons. The highest BCUT2D eigenvalue weighted by molar-refractivity contribution is 6.35. The Morgan fingerprint density at radius 1 is 0.483 bits per heavy atom. The number of hydrogen-bond acceptors (Lipinski definition) is 12. The number of benzene rings is 2. The fraction of sp³-hybridized carbons (Fsp3) is 0.154. The Labute approximate surface area is 328 Å². The minimum Gasteiger partial charge on any atom is -0.328 e. The van der Waals surface area contributed by atoms with Crippen molar-refractivity contribution in [1.82, 2.24) is 9.97 Å². The summed E-state index contributed by atoms with van der Waals surface area (Å²) < 4.78 is 154. The van der Waals surface area contributed by atoms with Gasteiger partial charge in [0.15, 0.2) is 11.4 Å². The second-order valence-electron chi connectivity index (χ2n) is 10.3. The van der Waals surface area contributed by atoms with Crippen LogP contribution >= 0.6 is 46.4 Å². The van der Waals surface area contributed by atoms with E-state index in [1.165, 1.54) is 0 Å². The Hall–Kier alpha value is -5.74. The van der Waals surface area contributed by atoms with E-state index in [0.29, 0.717) is 12.1 Å². The van der Waals surface area contributed by atoms with E-state index in [1.807, 2.05) is 10.6 Å². The molecule has 0 atom stereocenters. The van der Waals surface area contributed by atoms with Crippen LogP contribution in [-0.4, -0.2) is 29.7 Å². The second-order valence-corrected chi connectivity index (χ2v) is 11.9. The number of nitrogens with one attached hydrogen (secondary N) is 2. The molecule has 0 saturated carbocycles. The van der Waals surface area contributed by atoms with Gasteiger partial charge in [-0.3, -0.25) is 40.5 Å². The highest BCUT2D eigenvalue weighted by Gasteiger charge is 2.44. The molecule has 0 aliphatic carbocycles. The molecule has 2 aromatic heterocycles. The first-order chi connectivity index (χ1) is 26.3. The number of nitrogens with zero attached hydrogens (tertiary/aromatic N) is 6. The van der Waals surface area contributed by atoms with Crippen molar-refractivity contribution in [3.8, 4) is 0 Å². The first kappa shape index (κ1) is 46.6. The Morgan fingerprint density at radius 2 is 0.776 bits per heavy atom. The van der Waals surface area contributed by atoms with Gasteiger partial charge in [0.2, 0.25) is 0 Å². The lowest BCUT2D eigenvalue weighted by Crippen LogP contribution is -2.12. The van der Waals surface area contributed by atoms with Gasteiger partial charge in [-0.2, -0.15) is 52.7 Å². The zero-order chi connectivity index (χ0) is 44.6. The zero-order valence-corrected chi connectivity index (χ0v) is 29.5. The molecule has 0 aliphatic heterocycles. The highest BCUT2D eigenvalue weighted by Crippen LogP contribution is 2.50. The first-order valence-electron chi connectivity index (χ1n) is 13.7. The summed E-state index contributed by atoms with van der Waals surface area (Å²) in [5, 5.41) is 44.2. The van der Waals surface area contributed by atoms with E-state index in [0.717, 1.165) is 0 Å². The minimum atomic E-state index is -5.27. The van der Waals surface area contributed by atoms with Crippen molar-refractivity contribution in [3.05, 3.63) is 119 Å². The third-order valence-corrected chi connectivity index (χ3v) is 7.97. The quantitative estimate of drug-likeness (QED) is 0.0956. The third kappa shape index (κ3) is 10.4. The predicted octanol–water partition coefficient (Wildman–Crippen LogP) is 12.0. The van der Waals surface area contributed by atoms with Crippen LogP contribution in [0.1, 0.15) is 22.3 Å². The molecule has 0 spiro atoms. The lowest BCUT2D eigenvalue weighted by atomic mass is 10.1. The van der Waals surface area contributed by atoms with E-state index in [1.54, 1.807) is 0 Å².